The van der Waals surface area contributed by atoms with Crippen LogP contribution in [0.15, 0.2) is 42.5 Å². The summed E-state index contributed by atoms with van der Waals surface area (Å²) in [6.45, 7) is 0. The van der Waals surface area contributed by atoms with E-state index in [1.165, 1.54) is 20.3 Å². The monoisotopic (exact) mass is 306 g/mol. The molecule has 0 aliphatic carbocycles. The van der Waals surface area contributed by atoms with Gasteiger partial charge in [-0.2, -0.15) is 17.5 Å². The minimum atomic E-state index is -0.222. The van der Waals surface area contributed by atoms with Gasteiger partial charge in [0, 0.05) is 0 Å². The van der Waals surface area contributed by atoms with Gasteiger partial charge in [0.25, 0.3) is 0 Å². The Morgan fingerprint density at radius 3 is 2.27 bits per heavy atom. The molecule has 4 heteroatoms. The van der Waals surface area contributed by atoms with Gasteiger partial charge < -0.3 is 17.0 Å². The summed E-state index contributed by atoms with van der Waals surface area (Å²) in [6, 6.07) is 14.7. The van der Waals surface area contributed by atoms with Crippen LogP contribution in [0.5, 0.6) is 0 Å². The fraction of sp³-hybridized carbons (Fsp3) is 0. The molecule has 0 atom stereocenters. The van der Waals surface area contributed by atoms with Gasteiger partial charge in [-0.15, -0.1) is 29.7 Å². The molecule has 0 fully saturated rings. The number of fused-ring (bicyclic) bond motifs is 1. The molecule has 80 valence electrons. The van der Waals surface area contributed by atoms with E-state index < -0.39 is 0 Å². The van der Waals surface area contributed by atoms with Gasteiger partial charge in [0.1, 0.15) is 0 Å². The number of halogens is 1. The Bertz CT molecular complexity index is 474. The molecule has 0 aliphatic heterocycles. The fourth-order valence-corrected chi connectivity index (χ4v) is 1.13. The quantitative estimate of drug-likeness (QED) is 0.451. The Morgan fingerprint density at radius 1 is 1.07 bits per heavy atom. The summed E-state index contributed by atoms with van der Waals surface area (Å²) in [5, 5.41) is 2.66. The first-order valence-electron chi connectivity index (χ1n) is 3.83. The Kier molecular flexibility index (Phi) is 7.75. The minimum Gasteiger partial charge on any atom is -1.00 e. The molecule has 0 saturated heterocycles. The fourth-order valence-electron chi connectivity index (χ4n) is 1.08. The van der Waals surface area contributed by atoms with Crippen molar-refractivity contribution in [3.05, 3.63) is 42.5 Å². The van der Waals surface area contributed by atoms with Crippen molar-refractivity contribution in [1.82, 2.24) is 0 Å². The van der Waals surface area contributed by atoms with E-state index in [0.717, 1.165) is 0 Å². The molecule has 0 bridgehead atoms. The van der Waals surface area contributed by atoms with Crippen LogP contribution < -0.4 is 17.0 Å². The van der Waals surface area contributed by atoms with E-state index in [9.17, 15) is 0 Å². The maximum atomic E-state index is 9.02. The molecule has 0 unspecified atom stereocenters. The third-order valence-electron chi connectivity index (χ3n) is 1.62. The molecule has 15 heavy (non-hydrogen) atoms. The molecule has 2 rings (SSSR count). The minimum absolute atomic E-state index is 0. The van der Waals surface area contributed by atoms with Gasteiger partial charge in [-0.25, -0.2) is 0 Å². The van der Waals surface area contributed by atoms with Crippen molar-refractivity contribution >= 4 is 20.3 Å². The Hall–Kier alpha value is -1.01. The van der Waals surface area contributed by atoms with Gasteiger partial charge in [-0.05, 0) is 0 Å². The molecule has 0 N–H and O–H groups in total. The van der Waals surface area contributed by atoms with Crippen LogP contribution in [-0.4, -0.2) is 9.57 Å². The Morgan fingerprint density at radius 2 is 1.73 bits per heavy atom. The van der Waals surface area contributed by atoms with Crippen LogP contribution in [0.3, 0.4) is 0 Å². The second-order valence-corrected chi connectivity index (χ2v) is 3.11. The Labute approximate surface area is 103 Å². The van der Waals surface area contributed by atoms with E-state index in [0.29, 0.717) is 0 Å². The average Bonchev–Trinajstić information content (AvgIpc) is 2.67. The third kappa shape index (κ3) is 4.85. The molecule has 0 radical (unpaired) electrons. The first-order chi connectivity index (χ1) is 6.88. The average molecular weight is 307 g/mol. The van der Waals surface area contributed by atoms with Gasteiger partial charge in [0.2, 0.25) is 0 Å². The van der Waals surface area contributed by atoms with Gasteiger partial charge in [0.15, 0.2) is 0 Å². The molecular weight excluding hydrogens is 300 g/mol. The van der Waals surface area contributed by atoms with Gasteiger partial charge in [-0.3, -0.25) is 0 Å². The molecule has 2 nitrogen and oxygen atoms in total. The van der Waals surface area contributed by atoms with Crippen molar-refractivity contribution in [2.45, 2.75) is 0 Å². The maximum Gasteiger partial charge on any atom is -0.0809 e. The van der Waals surface area contributed by atoms with Crippen LogP contribution in [0.4, 0.5) is 0 Å². The number of carbonyl (C=O) groups excluding carboxylic acids is 2. The zero-order chi connectivity index (χ0) is 10.2. The molecule has 0 amide bonds. The molecule has 0 aromatic heterocycles. The molecular formula is C11H7BrFeO2-2. The zero-order valence-electron chi connectivity index (χ0n) is 7.59. The second-order valence-electron chi connectivity index (χ2n) is 2.39. The summed E-state index contributed by atoms with van der Waals surface area (Å²) < 4.78 is 0. The summed E-state index contributed by atoms with van der Waals surface area (Å²) in [5.41, 5.74) is 0. The van der Waals surface area contributed by atoms with E-state index in [1.807, 2.05) is 0 Å². The SMILES string of the molecule is O=[C]=[Fe]=[C]=O.[Br-].c1ccc2[cH-]ccc2c1. The van der Waals surface area contributed by atoms with Crippen LogP contribution >= 0.6 is 0 Å². The van der Waals surface area contributed by atoms with Crippen molar-refractivity contribution in [3.63, 3.8) is 0 Å². The number of hydrogen-bond donors (Lipinski definition) is 0. The Balaban J connectivity index is 0.000000289. The standard InChI is InChI=1S/C9H7.2CO.BrH.Fe/c1-2-5-9-7-3-6-8(9)4-1;2*1-2;;/h1-7H;;;1H;/q-1;;;;/p-1. The summed E-state index contributed by atoms with van der Waals surface area (Å²) in [7, 11) is 0. The predicted octanol–water partition coefficient (Wildman–Crippen LogP) is -1.23. The van der Waals surface area contributed by atoms with E-state index in [2.05, 4.69) is 42.5 Å². The number of benzene rings is 1. The smallest absolute Gasteiger partial charge is 0.0809 e. The van der Waals surface area contributed by atoms with Crippen LogP contribution in [0.25, 0.3) is 10.8 Å². The van der Waals surface area contributed by atoms with Crippen molar-refractivity contribution in [2.75, 3.05) is 0 Å². The van der Waals surface area contributed by atoms with Crippen LogP contribution in [0, 0.1) is 0 Å². The summed E-state index contributed by atoms with van der Waals surface area (Å²) >= 11 is -0.222. The largest absolute Gasteiger partial charge is 1.00 e. The van der Waals surface area contributed by atoms with Gasteiger partial charge >= 0.3 is 33.2 Å². The van der Waals surface area contributed by atoms with Crippen molar-refractivity contribution in [1.29, 1.82) is 0 Å². The molecule has 2 aromatic rings. The van der Waals surface area contributed by atoms with E-state index >= 15 is 0 Å². The van der Waals surface area contributed by atoms with E-state index in [1.54, 1.807) is 0 Å². The van der Waals surface area contributed by atoms with Crippen molar-refractivity contribution in [2.24, 2.45) is 0 Å². The second kappa shape index (κ2) is 8.31. The normalized spacial score (nSPS) is 7.73. The molecule has 2 aromatic carbocycles. The topological polar surface area (TPSA) is 34.1 Å². The molecule has 0 aliphatic rings. The van der Waals surface area contributed by atoms with Crippen molar-refractivity contribution in [3.8, 4) is 0 Å². The molecule has 0 heterocycles. The van der Waals surface area contributed by atoms with Crippen molar-refractivity contribution < 1.29 is 40.7 Å². The first kappa shape index (κ1) is 14.0. The summed E-state index contributed by atoms with van der Waals surface area (Å²) in [5.74, 6) is 0. The molecule has 0 saturated carbocycles. The summed E-state index contributed by atoms with van der Waals surface area (Å²) in [4.78, 5) is 20.7. The van der Waals surface area contributed by atoms with Gasteiger partial charge in [-0.1, -0.05) is 6.07 Å². The summed E-state index contributed by atoms with van der Waals surface area (Å²) in [6.07, 6.45) is 0. The number of hydrogen-bond acceptors (Lipinski definition) is 2. The van der Waals surface area contributed by atoms with Crippen LogP contribution in [0.2, 0.25) is 0 Å². The zero-order valence-corrected chi connectivity index (χ0v) is 10.3. The van der Waals surface area contributed by atoms with Crippen LogP contribution in [-0.2, 0) is 23.7 Å². The van der Waals surface area contributed by atoms with E-state index in [-0.39, 0.29) is 31.1 Å². The van der Waals surface area contributed by atoms with Gasteiger partial charge in [0.05, 0.1) is 0 Å². The number of rotatable bonds is 0. The molecule has 0 spiro atoms. The first-order valence-corrected chi connectivity index (χ1v) is 4.94. The third-order valence-corrected chi connectivity index (χ3v) is 1.85. The maximum absolute atomic E-state index is 9.02. The van der Waals surface area contributed by atoms with Crippen LogP contribution in [0.1, 0.15) is 0 Å². The van der Waals surface area contributed by atoms with E-state index in [4.69, 9.17) is 9.59 Å². The predicted molar refractivity (Wildman–Crippen MR) is 50.9 cm³/mol.